The zero-order valence-electron chi connectivity index (χ0n) is 16.9. The highest BCUT2D eigenvalue weighted by Gasteiger charge is 2.63. The first kappa shape index (κ1) is 20.6. The van der Waals surface area contributed by atoms with Gasteiger partial charge in [0, 0.05) is 16.9 Å². The Balaban J connectivity index is 1.86. The van der Waals surface area contributed by atoms with Crippen LogP contribution in [0.1, 0.15) is 5.56 Å². The van der Waals surface area contributed by atoms with Gasteiger partial charge in [-0.25, -0.2) is 9.18 Å². The molecule has 5 rings (SSSR count). The molecule has 0 aliphatic carbocycles. The molecule has 7 nitrogen and oxygen atoms in total. The number of terminal acetylenes is 1. The summed E-state index contributed by atoms with van der Waals surface area (Å²) in [7, 11) is 0. The highest BCUT2D eigenvalue weighted by molar-refractivity contribution is 6.31. The van der Waals surface area contributed by atoms with Gasteiger partial charge in [-0.15, -0.1) is 6.42 Å². The number of amides is 1. The van der Waals surface area contributed by atoms with Crippen LogP contribution in [0.15, 0.2) is 65.1 Å². The van der Waals surface area contributed by atoms with Crippen LogP contribution in [0.3, 0.4) is 0 Å². The van der Waals surface area contributed by atoms with Crippen molar-refractivity contribution in [2.24, 2.45) is 5.73 Å². The number of fused-ring (bicyclic) bond motifs is 3. The predicted molar refractivity (Wildman–Crippen MR) is 118 cm³/mol. The van der Waals surface area contributed by atoms with Crippen molar-refractivity contribution in [3.8, 4) is 18.4 Å². The lowest BCUT2D eigenvalue weighted by Crippen LogP contribution is -2.50. The third-order valence-electron chi connectivity index (χ3n) is 6.04. The van der Waals surface area contributed by atoms with E-state index in [1.54, 1.807) is 24.3 Å². The molecule has 2 aromatic carbocycles. The standard InChI is InChI=1S/C24H14ClFN4O3/c1-2-9-29-18-6-4-3-5-14(18)24(23(29)32)15(11-27)21(28)30(19-12-33-22(31)20(19)24)13-7-8-17(26)16(25)10-13/h1,3-8,10H,9,12,28H2/t24-/m0/s1. The maximum Gasteiger partial charge on any atom is 0.338 e. The second kappa shape index (κ2) is 7.13. The van der Waals surface area contributed by atoms with E-state index in [0.29, 0.717) is 16.9 Å². The molecule has 0 radical (unpaired) electrons. The Hall–Kier alpha value is -4.27. The summed E-state index contributed by atoms with van der Waals surface area (Å²) < 4.78 is 19.1. The number of nitrogens with two attached hydrogens (primary N) is 1. The number of ether oxygens (including phenoxy) is 1. The minimum absolute atomic E-state index is 0.0225. The molecule has 0 saturated heterocycles. The molecule has 0 fully saturated rings. The summed E-state index contributed by atoms with van der Waals surface area (Å²) in [4.78, 5) is 29.8. The number of anilines is 2. The molecule has 1 atom stereocenters. The lowest BCUT2D eigenvalue weighted by Gasteiger charge is -2.38. The van der Waals surface area contributed by atoms with E-state index in [9.17, 15) is 19.2 Å². The van der Waals surface area contributed by atoms with Crippen LogP contribution in [0.4, 0.5) is 15.8 Å². The van der Waals surface area contributed by atoms with Crippen LogP contribution in [-0.4, -0.2) is 25.0 Å². The van der Waals surface area contributed by atoms with E-state index in [0.717, 1.165) is 6.07 Å². The van der Waals surface area contributed by atoms with Gasteiger partial charge in [0.25, 0.3) is 0 Å². The van der Waals surface area contributed by atoms with E-state index < -0.39 is 23.1 Å². The SMILES string of the molecule is C#CCN1C(=O)[C@]2(C(C#N)=C(N)N(c3ccc(F)c(Cl)c3)C3=C2C(=O)OC3)c2ccccc21. The molecule has 2 aromatic rings. The summed E-state index contributed by atoms with van der Waals surface area (Å²) >= 11 is 5.97. The zero-order chi connectivity index (χ0) is 23.5. The number of esters is 1. The van der Waals surface area contributed by atoms with E-state index in [1.807, 2.05) is 6.07 Å². The van der Waals surface area contributed by atoms with Crippen LogP contribution in [0.5, 0.6) is 0 Å². The van der Waals surface area contributed by atoms with Gasteiger partial charge in [0.2, 0.25) is 5.91 Å². The van der Waals surface area contributed by atoms with Crippen molar-refractivity contribution in [2.45, 2.75) is 5.41 Å². The lowest BCUT2D eigenvalue weighted by molar-refractivity contribution is -0.137. The third kappa shape index (κ3) is 2.50. The van der Waals surface area contributed by atoms with Crippen LogP contribution >= 0.6 is 11.6 Å². The van der Waals surface area contributed by atoms with E-state index in [-0.39, 0.29) is 40.8 Å². The summed E-state index contributed by atoms with van der Waals surface area (Å²) in [6, 6.07) is 12.7. The van der Waals surface area contributed by atoms with Gasteiger partial charge < -0.3 is 10.5 Å². The van der Waals surface area contributed by atoms with Crippen molar-refractivity contribution in [3.05, 3.63) is 81.5 Å². The van der Waals surface area contributed by atoms with Gasteiger partial charge in [-0.2, -0.15) is 5.26 Å². The molecule has 1 amide bonds. The molecule has 0 saturated carbocycles. The van der Waals surface area contributed by atoms with E-state index >= 15 is 0 Å². The molecule has 0 unspecified atom stereocenters. The Morgan fingerprint density at radius 3 is 2.73 bits per heavy atom. The van der Waals surface area contributed by atoms with Crippen LogP contribution < -0.4 is 15.5 Å². The number of rotatable bonds is 2. The largest absolute Gasteiger partial charge is 0.456 e. The summed E-state index contributed by atoms with van der Waals surface area (Å²) in [6.45, 7) is -0.264. The normalized spacial score (nSPS) is 21.2. The Bertz CT molecular complexity index is 1420. The second-order valence-corrected chi connectivity index (χ2v) is 7.97. The molecule has 3 aliphatic heterocycles. The quantitative estimate of drug-likeness (QED) is 0.546. The molecular weight excluding hydrogens is 447 g/mol. The highest BCUT2D eigenvalue weighted by atomic mass is 35.5. The number of cyclic esters (lactones) is 1. The van der Waals surface area contributed by atoms with Crippen molar-refractivity contribution in [2.75, 3.05) is 23.0 Å². The highest BCUT2D eigenvalue weighted by Crippen LogP contribution is 2.56. The lowest BCUT2D eigenvalue weighted by atomic mass is 9.67. The summed E-state index contributed by atoms with van der Waals surface area (Å²) in [5.41, 5.74) is 5.96. The van der Waals surface area contributed by atoms with Crippen LogP contribution in [-0.2, 0) is 19.7 Å². The van der Waals surface area contributed by atoms with Gasteiger partial charge in [-0.3, -0.25) is 14.6 Å². The van der Waals surface area contributed by atoms with E-state index in [2.05, 4.69) is 5.92 Å². The average Bonchev–Trinajstić information content (AvgIpc) is 3.29. The molecule has 33 heavy (non-hydrogen) atoms. The Labute approximate surface area is 193 Å². The van der Waals surface area contributed by atoms with Crippen LogP contribution in [0.2, 0.25) is 5.02 Å². The average molecular weight is 461 g/mol. The van der Waals surface area contributed by atoms with Crippen LogP contribution in [0.25, 0.3) is 0 Å². The van der Waals surface area contributed by atoms with Gasteiger partial charge in [-0.05, 0) is 24.3 Å². The predicted octanol–water partition coefficient (Wildman–Crippen LogP) is 2.72. The van der Waals surface area contributed by atoms with Gasteiger partial charge in [0.1, 0.15) is 29.7 Å². The van der Waals surface area contributed by atoms with Gasteiger partial charge in [0.05, 0.1) is 28.4 Å². The fraction of sp³-hybridized carbons (Fsp3) is 0.125. The number of carbonyl (C=O) groups excluding carboxylic acids is 2. The zero-order valence-corrected chi connectivity index (χ0v) is 17.7. The number of hydrogen-bond donors (Lipinski definition) is 1. The van der Waals surface area contributed by atoms with Gasteiger partial charge in [-0.1, -0.05) is 35.7 Å². The minimum atomic E-state index is -1.81. The van der Waals surface area contributed by atoms with Crippen molar-refractivity contribution in [1.29, 1.82) is 5.26 Å². The van der Waals surface area contributed by atoms with Crippen molar-refractivity contribution in [3.63, 3.8) is 0 Å². The first-order chi connectivity index (χ1) is 15.9. The summed E-state index contributed by atoms with van der Waals surface area (Å²) in [5.74, 6) is 0.387. The topological polar surface area (TPSA) is 99.7 Å². The maximum absolute atomic E-state index is 13.9. The molecule has 2 N–H and O–H groups in total. The molecule has 3 aliphatic rings. The molecule has 0 aromatic heterocycles. The fourth-order valence-corrected chi connectivity index (χ4v) is 4.94. The number of hydrogen-bond acceptors (Lipinski definition) is 6. The van der Waals surface area contributed by atoms with Crippen LogP contribution in [0, 0.1) is 29.5 Å². The Kier molecular flexibility index (Phi) is 4.45. The molecular formula is C24H14ClFN4O3. The maximum atomic E-state index is 13.9. The summed E-state index contributed by atoms with van der Waals surface area (Å²) in [6.07, 6.45) is 5.50. The molecule has 3 heterocycles. The number of nitriles is 1. The fourth-order valence-electron chi connectivity index (χ4n) is 4.76. The second-order valence-electron chi connectivity index (χ2n) is 7.57. The third-order valence-corrected chi connectivity index (χ3v) is 6.33. The van der Waals surface area contributed by atoms with E-state index in [1.165, 1.54) is 21.9 Å². The first-order valence-corrected chi connectivity index (χ1v) is 10.2. The number of halogens is 2. The molecule has 1 spiro atoms. The van der Waals surface area contributed by atoms with Crippen molar-refractivity contribution >= 4 is 34.9 Å². The molecule has 0 bridgehead atoms. The number of para-hydroxylation sites is 1. The van der Waals surface area contributed by atoms with Gasteiger partial charge >= 0.3 is 5.97 Å². The smallest absolute Gasteiger partial charge is 0.338 e. The Morgan fingerprint density at radius 2 is 2.03 bits per heavy atom. The monoisotopic (exact) mass is 460 g/mol. The van der Waals surface area contributed by atoms with Crippen molar-refractivity contribution < 1.29 is 18.7 Å². The molecule has 162 valence electrons. The molecule has 9 heteroatoms. The van der Waals surface area contributed by atoms with Crippen molar-refractivity contribution in [1.82, 2.24) is 0 Å². The minimum Gasteiger partial charge on any atom is -0.456 e. The number of nitrogens with zero attached hydrogens (tertiary/aromatic N) is 3. The summed E-state index contributed by atoms with van der Waals surface area (Å²) in [5, 5.41) is 10.1. The van der Waals surface area contributed by atoms with Gasteiger partial charge in [0.15, 0.2) is 0 Å². The Morgan fingerprint density at radius 1 is 1.27 bits per heavy atom. The number of carbonyl (C=O) groups is 2. The number of benzene rings is 2. The van der Waals surface area contributed by atoms with E-state index in [4.69, 9.17) is 28.5 Å². The first-order valence-electron chi connectivity index (χ1n) is 9.79.